The molecule has 0 aromatic carbocycles. The Morgan fingerprint density at radius 2 is 2.13 bits per heavy atom. The lowest BCUT2D eigenvalue weighted by Crippen LogP contribution is -2.31. The minimum atomic E-state index is -0.0171. The number of aryl methyl sites for hydroxylation is 1. The van der Waals surface area contributed by atoms with Gasteiger partial charge in [0.2, 0.25) is 0 Å². The number of rotatable bonds is 3. The highest BCUT2D eigenvalue weighted by atomic mass is 79.9. The van der Waals surface area contributed by atoms with E-state index in [-0.39, 0.29) is 11.0 Å². The first-order valence-electron chi connectivity index (χ1n) is 4.65. The molecule has 0 aliphatic rings. The van der Waals surface area contributed by atoms with Gasteiger partial charge in [-0.25, -0.2) is 4.98 Å². The Hall–Kier alpha value is -0.160. The number of alkyl halides is 1. The van der Waals surface area contributed by atoms with E-state index in [0.29, 0.717) is 11.0 Å². The lowest BCUT2D eigenvalue weighted by atomic mass is 9.96. The molecule has 0 bridgehead atoms. The molecule has 0 atom stereocenters. The van der Waals surface area contributed by atoms with E-state index in [4.69, 9.17) is 0 Å². The van der Waals surface area contributed by atoms with E-state index in [0.717, 1.165) is 11.2 Å². The van der Waals surface area contributed by atoms with Gasteiger partial charge in [0.1, 0.15) is 10.3 Å². The van der Waals surface area contributed by atoms with E-state index < -0.39 is 0 Å². The molecule has 1 aromatic rings. The zero-order chi connectivity index (χ0) is 11.6. The highest BCUT2D eigenvalue weighted by molar-refractivity contribution is 9.10. The van der Waals surface area contributed by atoms with E-state index in [1.54, 1.807) is 10.8 Å². The summed E-state index contributed by atoms with van der Waals surface area (Å²) in [6.45, 7) is 6.72. The number of aromatic nitrogens is 2. The van der Waals surface area contributed by atoms with Crippen molar-refractivity contribution in [3.05, 3.63) is 26.8 Å². The molecule has 0 aliphatic heterocycles. The van der Waals surface area contributed by atoms with E-state index in [1.807, 2.05) is 6.92 Å². The normalized spacial score (nSPS) is 11.8. The van der Waals surface area contributed by atoms with Crippen molar-refractivity contribution < 1.29 is 0 Å². The first-order chi connectivity index (χ1) is 6.87. The fraction of sp³-hybridized carbons (Fsp3) is 0.600. The van der Waals surface area contributed by atoms with E-state index in [2.05, 4.69) is 50.7 Å². The quantitative estimate of drug-likeness (QED) is 0.795. The van der Waals surface area contributed by atoms with Gasteiger partial charge in [0.05, 0.1) is 0 Å². The average molecular weight is 338 g/mol. The van der Waals surface area contributed by atoms with Gasteiger partial charge in [0.25, 0.3) is 5.56 Å². The Labute approximate surface area is 106 Å². The van der Waals surface area contributed by atoms with Crippen LogP contribution in [0.25, 0.3) is 0 Å². The molecule has 0 fully saturated rings. The molecule has 5 heteroatoms. The first kappa shape index (κ1) is 12.9. The van der Waals surface area contributed by atoms with Crippen LogP contribution in [0, 0.1) is 12.3 Å². The van der Waals surface area contributed by atoms with Crippen molar-refractivity contribution in [1.82, 2.24) is 9.55 Å². The van der Waals surface area contributed by atoms with Gasteiger partial charge in [-0.2, -0.15) is 0 Å². The predicted octanol–water partition coefficient (Wildman–Crippen LogP) is 2.74. The molecule has 1 heterocycles. The second-order valence-electron chi connectivity index (χ2n) is 4.34. The van der Waals surface area contributed by atoms with Gasteiger partial charge in [-0.3, -0.25) is 9.36 Å². The minimum Gasteiger partial charge on any atom is -0.295 e. The third kappa shape index (κ3) is 3.14. The van der Waals surface area contributed by atoms with E-state index >= 15 is 0 Å². The number of hydrogen-bond acceptors (Lipinski definition) is 2. The van der Waals surface area contributed by atoms with Crippen LogP contribution in [-0.2, 0) is 6.54 Å². The lowest BCUT2D eigenvalue weighted by molar-refractivity contribution is 0.341. The van der Waals surface area contributed by atoms with Crippen LogP contribution in [0.5, 0.6) is 0 Å². The van der Waals surface area contributed by atoms with Crippen LogP contribution in [0.1, 0.15) is 19.7 Å². The Morgan fingerprint density at radius 1 is 1.53 bits per heavy atom. The highest BCUT2D eigenvalue weighted by Crippen LogP contribution is 2.20. The smallest absolute Gasteiger partial charge is 0.267 e. The van der Waals surface area contributed by atoms with Crippen molar-refractivity contribution in [2.75, 3.05) is 5.33 Å². The largest absolute Gasteiger partial charge is 0.295 e. The summed E-state index contributed by atoms with van der Waals surface area (Å²) in [6, 6.07) is 0. The van der Waals surface area contributed by atoms with Crippen molar-refractivity contribution >= 4 is 31.9 Å². The second kappa shape index (κ2) is 4.78. The lowest BCUT2D eigenvalue weighted by Gasteiger charge is -2.23. The first-order valence-corrected chi connectivity index (χ1v) is 6.57. The SMILES string of the molecule is Cc1ncc(Br)c(=O)n1CC(C)(C)CBr. The Kier molecular flexibility index (Phi) is 4.12. The van der Waals surface area contributed by atoms with Gasteiger partial charge in [-0.15, -0.1) is 0 Å². The van der Waals surface area contributed by atoms with Crippen molar-refractivity contribution in [2.24, 2.45) is 5.41 Å². The maximum Gasteiger partial charge on any atom is 0.267 e. The minimum absolute atomic E-state index is 0.0171. The average Bonchev–Trinajstić information content (AvgIpc) is 2.19. The summed E-state index contributed by atoms with van der Waals surface area (Å²) in [5.41, 5.74) is 0.0216. The maximum absolute atomic E-state index is 11.8. The molecule has 0 saturated carbocycles. The van der Waals surface area contributed by atoms with Gasteiger partial charge in [0.15, 0.2) is 0 Å². The molecule has 0 radical (unpaired) electrons. The van der Waals surface area contributed by atoms with Crippen LogP contribution in [0.2, 0.25) is 0 Å². The Balaban J connectivity index is 3.15. The van der Waals surface area contributed by atoms with Crippen LogP contribution in [0.3, 0.4) is 0 Å². The second-order valence-corrected chi connectivity index (χ2v) is 5.76. The fourth-order valence-electron chi connectivity index (χ4n) is 1.21. The molecule has 3 nitrogen and oxygen atoms in total. The van der Waals surface area contributed by atoms with Crippen LogP contribution < -0.4 is 5.56 Å². The molecule has 0 saturated heterocycles. The van der Waals surface area contributed by atoms with Crippen LogP contribution in [0.4, 0.5) is 0 Å². The summed E-state index contributed by atoms with van der Waals surface area (Å²) in [6.07, 6.45) is 1.55. The van der Waals surface area contributed by atoms with Crippen LogP contribution in [0.15, 0.2) is 15.5 Å². The maximum atomic E-state index is 11.8. The zero-order valence-electron chi connectivity index (χ0n) is 9.05. The summed E-state index contributed by atoms with van der Waals surface area (Å²) in [5.74, 6) is 0.747. The van der Waals surface area contributed by atoms with E-state index in [9.17, 15) is 4.79 Å². The zero-order valence-corrected chi connectivity index (χ0v) is 12.2. The predicted molar refractivity (Wildman–Crippen MR) is 68.5 cm³/mol. The van der Waals surface area contributed by atoms with Gasteiger partial charge in [-0.05, 0) is 28.3 Å². The molecule has 0 aliphatic carbocycles. The number of hydrogen-bond donors (Lipinski definition) is 0. The van der Waals surface area contributed by atoms with Crippen molar-refractivity contribution in [3.63, 3.8) is 0 Å². The molecular formula is C10H14Br2N2O. The van der Waals surface area contributed by atoms with Gasteiger partial charge in [-0.1, -0.05) is 29.8 Å². The topological polar surface area (TPSA) is 34.9 Å². The third-order valence-electron chi connectivity index (χ3n) is 2.15. The standard InChI is InChI=1S/C10H14Br2N2O/c1-7-13-4-8(12)9(15)14(7)6-10(2,3)5-11/h4H,5-6H2,1-3H3. The summed E-state index contributed by atoms with van der Waals surface area (Å²) < 4.78 is 2.21. The number of nitrogens with zero attached hydrogens (tertiary/aromatic N) is 2. The third-order valence-corrected chi connectivity index (χ3v) is 4.21. The molecule has 84 valence electrons. The van der Waals surface area contributed by atoms with Crippen LogP contribution in [-0.4, -0.2) is 14.9 Å². The summed E-state index contributed by atoms with van der Waals surface area (Å²) in [7, 11) is 0. The Morgan fingerprint density at radius 3 is 2.67 bits per heavy atom. The summed E-state index contributed by atoms with van der Waals surface area (Å²) >= 11 is 6.65. The number of halogens is 2. The molecule has 1 rings (SSSR count). The molecule has 0 amide bonds. The summed E-state index contributed by atoms with van der Waals surface area (Å²) in [4.78, 5) is 16.0. The summed E-state index contributed by atoms with van der Waals surface area (Å²) in [5, 5.41) is 0.846. The monoisotopic (exact) mass is 336 g/mol. The Bertz CT molecular complexity index is 412. The van der Waals surface area contributed by atoms with Gasteiger partial charge >= 0.3 is 0 Å². The van der Waals surface area contributed by atoms with Gasteiger partial charge < -0.3 is 0 Å². The fourth-order valence-corrected chi connectivity index (χ4v) is 1.70. The van der Waals surface area contributed by atoms with E-state index in [1.165, 1.54) is 0 Å². The van der Waals surface area contributed by atoms with Gasteiger partial charge in [0, 0.05) is 18.1 Å². The molecule has 1 aromatic heterocycles. The van der Waals surface area contributed by atoms with Crippen LogP contribution >= 0.6 is 31.9 Å². The molecule has 0 unspecified atom stereocenters. The molecular weight excluding hydrogens is 324 g/mol. The molecule has 0 N–H and O–H groups in total. The van der Waals surface area contributed by atoms with Crippen molar-refractivity contribution in [2.45, 2.75) is 27.3 Å². The van der Waals surface area contributed by atoms with Crippen molar-refractivity contribution in [1.29, 1.82) is 0 Å². The highest BCUT2D eigenvalue weighted by Gasteiger charge is 2.19. The molecule has 0 spiro atoms. The van der Waals surface area contributed by atoms with Crippen molar-refractivity contribution in [3.8, 4) is 0 Å². The molecule has 15 heavy (non-hydrogen) atoms.